The van der Waals surface area contributed by atoms with Gasteiger partial charge < -0.3 is 14.8 Å². The highest BCUT2D eigenvalue weighted by Gasteiger charge is 2.04. The fourth-order valence-corrected chi connectivity index (χ4v) is 2.62. The van der Waals surface area contributed by atoms with Crippen molar-refractivity contribution in [3.8, 4) is 5.88 Å². The maximum atomic E-state index is 11.9. The lowest BCUT2D eigenvalue weighted by molar-refractivity contribution is -0.118. The predicted octanol–water partition coefficient (Wildman–Crippen LogP) is 3.17. The fourth-order valence-electron chi connectivity index (χ4n) is 1.76. The minimum atomic E-state index is -0.0321. The number of halogens is 1. The minimum absolute atomic E-state index is 0.0321. The molecule has 1 heterocycles. The van der Waals surface area contributed by atoms with E-state index in [2.05, 4.69) is 10.3 Å². The van der Waals surface area contributed by atoms with Crippen molar-refractivity contribution in [2.24, 2.45) is 0 Å². The Balaban J connectivity index is 1.70. The zero-order chi connectivity index (χ0) is 17.2. The van der Waals surface area contributed by atoms with Gasteiger partial charge in [-0.3, -0.25) is 4.79 Å². The zero-order valence-electron chi connectivity index (χ0n) is 13.3. The Bertz CT molecular complexity index is 635. The van der Waals surface area contributed by atoms with Gasteiger partial charge in [0.15, 0.2) is 0 Å². The van der Waals surface area contributed by atoms with Gasteiger partial charge in [0.05, 0.1) is 12.4 Å². The molecule has 5 nitrogen and oxygen atoms in total. The molecule has 2 aromatic rings. The van der Waals surface area contributed by atoms with E-state index in [0.717, 1.165) is 10.5 Å². The lowest BCUT2D eigenvalue weighted by atomic mass is 10.3. The fraction of sp³-hybridized carbons (Fsp3) is 0.294. The molecular weight excluding hydrogens is 348 g/mol. The summed E-state index contributed by atoms with van der Waals surface area (Å²) in [4.78, 5) is 17.1. The van der Waals surface area contributed by atoms with Crippen LogP contribution < -0.4 is 10.1 Å². The van der Waals surface area contributed by atoms with Crippen molar-refractivity contribution in [3.63, 3.8) is 0 Å². The van der Waals surface area contributed by atoms with Gasteiger partial charge in [0.2, 0.25) is 11.8 Å². The van der Waals surface area contributed by atoms with Gasteiger partial charge in [0.1, 0.15) is 6.61 Å². The summed E-state index contributed by atoms with van der Waals surface area (Å²) in [7, 11) is 1.62. The Morgan fingerprint density at radius 1 is 1.21 bits per heavy atom. The van der Waals surface area contributed by atoms with Crippen molar-refractivity contribution in [1.82, 2.24) is 10.3 Å². The molecule has 0 saturated carbocycles. The molecule has 0 aliphatic heterocycles. The molecule has 0 aliphatic carbocycles. The quantitative estimate of drug-likeness (QED) is 0.545. The van der Waals surface area contributed by atoms with Crippen LogP contribution in [0.4, 0.5) is 0 Å². The number of benzene rings is 1. The summed E-state index contributed by atoms with van der Waals surface area (Å²) < 4.78 is 10.3. The van der Waals surface area contributed by atoms with E-state index >= 15 is 0 Å². The smallest absolute Gasteiger partial charge is 0.230 e. The van der Waals surface area contributed by atoms with E-state index in [1.54, 1.807) is 19.4 Å². The van der Waals surface area contributed by atoms with Crippen molar-refractivity contribution in [1.29, 1.82) is 0 Å². The monoisotopic (exact) mass is 366 g/mol. The van der Waals surface area contributed by atoms with Crippen LogP contribution in [-0.4, -0.2) is 37.0 Å². The summed E-state index contributed by atoms with van der Waals surface area (Å²) >= 11 is 7.30. The molecule has 0 atom stereocenters. The molecule has 0 radical (unpaired) electrons. The Labute approximate surface area is 150 Å². The molecule has 128 valence electrons. The first-order valence-corrected chi connectivity index (χ1v) is 8.75. The summed E-state index contributed by atoms with van der Waals surface area (Å²) in [5.41, 5.74) is 0.916. The first kappa shape index (κ1) is 18.6. The van der Waals surface area contributed by atoms with E-state index in [-0.39, 0.29) is 5.91 Å². The minimum Gasteiger partial charge on any atom is -0.475 e. The number of aromatic nitrogens is 1. The number of amides is 1. The molecule has 0 saturated heterocycles. The predicted molar refractivity (Wildman–Crippen MR) is 95.6 cm³/mol. The van der Waals surface area contributed by atoms with E-state index < -0.39 is 0 Å². The van der Waals surface area contributed by atoms with Gasteiger partial charge in [-0.2, -0.15) is 0 Å². The number of carbonyl (C=O) groups is 1. The number of nitrogens with zero attached hydrogens (tertiary/aromatic N) is 1. The van der Waals surface area contributed by atoms with Gasteiger partial charge in [-0.15, -0.1) is 11.8 Å². The highest BCUT2D eigenvalue weighted by molar-refractivity contribution is 8.00. The number of ether oxygens (including phenoxy) is 2. The van der Waals surface area contributed by atoms with Gasteiger partial charge in [0, 0.05) is 35.8 Å². The number of thioether (sulfide) groups is 1. The number of methoxy groups -OCH3 is 1. The Hall–Kier alpha value is -1.76. The van der Waals surface area contributed by atoms with Crippen molar-refractivity contribution < 1.29 is 14.3 Å². The van der Waals surface area contributed by atoms with Crippen LogP contribution in [0.25, 0.3) is 0 Å². The van der Waals surface area contributed by atoms with Gasteiger partial charge in [-0.25, -0.2) is 4.98 Å². The van der Waals surface area contributed by atoms with Crippen molar-refractivity contribution >= 4 is 29.3 Å². The number of rotatable bonds is 9. The normalized spacial score (nSPS) is 10.4. The molecule has 24 heavy (non-hydrogen) atoms. The van der Waals surface area contributed by atoms with E-state index in [0.29, 0.717) is 36.4 Å². The van der Waals surface area contributed by atoms with E-state index in [4.69, 9.17) is 21.1 Å². The molecular formula is C17H19ClN2O3S. The number of carbonyl (C=O) groups excluding carboxylic acids is 1. The molecule has 0 spiro atoms. The third-order valence-electron chi connectivity index (χ3n) is 3.01. The first-order valence-electron chi connectivity index (χ1n) is 7.39. The van der Waals surface area contributed by atoms with Crippen LogP contribution in [0.15, 0.2) is 47.5 Å². The highest BCUT2D eigenvalue weighted by atomic mass is 35.5. The molecule has 1 aromatic carbocycles. The van der Waals surface area contributed by atoms with Gasteiger partial charge in [0.25, 0.3) is 0 Å². The van der Waals surface area contributed by atoms with Crippen LogP contribution in [0, 0.1) is 0 Å². The Kier molecular flexibility index (Phi) is 7.88. The second kappa shape index (κ2) is 10.2. The lowest BCUT2D eigenvalue weighted by Gasteiger charge is -2.07. The zero-order valence-corrected chi connectivity index (χ0v) is 14.9. The molecule has 1 amide bonds. The molecule has 0 fully saturated rings. The second-order valence-electron chi connectivity index (χ2n) is 4.87. The summed E-state index contributed by atoms with van der Waals surface area (Å²) in [6.07, 6.45) is 1.69. The van der Waals surface area contributed by atoms with Crippen molar-refractivity contribution in [3.05, 3.63) is 53.2 Å². The van der Waals surface area contributed by atoms with E-state index in [1.807, 2.05) is 30.3 Å². The third kappa shape index (κ3) is 6.78. The maximum absolute atomic E-state index is 11.9. The van der Waals surface area contributed by atoms with E-state index in [1.165, 1.54) is 11.8 Å². The molecule has 1 N–H and O–H groups in total. The van der Waals surface area contributed by atoms with Gasteiger partial charge in [-0.1, -0.05) is 17.7 Å². The average Bonchev–Trinajstić information content (AvgIpc) is 2.61. The summed E-state index contributed by atoms with van der Waals surface area (Å²) in [5.74, 6) is 0.864. The van der Waals surface area contributed by atoms with Crippen LogP contribution in [0.5, 0.6) is 5.88 Å². The Morgan fingerprint density at radius 3 is 2.67 bits per heavy atom. The van der Waals surface area contributed by atoms with Crippen LogP contribution in [-0.2, 0) is 16.1 Å². The Morgan fingerprint density at radius 2 is 2.00 bits per heavy atom. The SMILES string of the molecule is COCCOc1ccc(CNC(=O)CSc2ccc(Cl)cc2)cn1. The number of hydrogen-bond donors (Lipinski definition) is 1. The third-order valence-corrected chi connectivity index (χ3v) is 4.27. The number of hydrogen-bond acceptors (Lipinski definition) is 5. The lowest BCUT2D eigenvalue weighted by Crippen LogP contribution is -2.24. The summed E-state index contributed by atoms with van der Waals surface area (Å²) in [5, 5.41) is 3.55. The van der Waals surface area contributed by atoms with Crippen molar-refractivity contribution in [2.75, 3.05) is 26.1 Å². The van der Waals surface area contributed by atoms with Crippen LogP contribution in [0.3, 0.4) is 0 Å². The van der Waals surface area contributed by atoms with Crippen LogP contribution >= 0.6 is 23.4 Å². The molecule has 0 unspecified atom stereocenters. The van der Waals surface area contributed by atoms with E-state index in [9.17, 15) is 4.79 Å². The van der Waals surface area contributed by atoms with Gasteiger partial charge in [-0.05, 0) is 29.8 Å². The number of pyridine rings is 1. The average molecular weight is 367 g/mol. The highest BCUT2D eigenvalue weighted by Crippen LogP contribution is 2.20. The van der Waals surface area contributed by atoms with Crippen molar-refractivity contribution in [2.45, 2.75) is 11.4 Å². The summed E-state index contributed by atoms with van der Waals surface area (Å²) in [6.45, 7) is 1.41. The second-order valence-corrected chi connectivity index (χ2v) is 6.35. The molecule has 0 bridgehead atoms. The topological polar surface area (TPSA) is 60.5 Å². The maximum Gasteiger partial charge on any atom is 0.230 e. The standard InChI is InChI=1S/C17H19ClN2O3S/c1-22-8-9-23-17-7-2-13(11-20-17)10-19-16(21)12-24-15-5-3-14(18)4-6-15/h2-7,11H,8-10,12H2,1H3,(H,19,21). The van der Waals surface area contributed by atoms with Gasteiger partial charge >= 0.3 is 0 Å². The largest absolute Gasteiger partial charge is 0.475 e. The molecule has 0 aliphatic rings. The molecule has 7 heteroatoms. The van der Waals surface area contributed by atoms with Crippen LogP contribution in [0.1, 0.15) is 5.56 Å². The molecule has 2 rings (SSSR count). The summed E-state index contributed by atoms with van der Waals surface area (Å²) in [6, 6.07) is 11.1. The number of nitrogens with one attached hydrogen (secondary N) is 1. The molecule has 1 aromatic heterocycles. The first-order chi connectivity index (χ1) is 11.7. The van der Waals surface area contributed by atoms with Crippen LogP contribution in [0.2, 0.25) is 5.02 Å².